The second-order valence-electron chi connectivity index (χ2n) is 5.38. The van der Waals surface area contributed by atoms with Crippen LogP contribution in [0.1, 0.15) is 5.56 Å². The monoisotopic (exact) mass is 312 g/mol. The van der Waals surface area contributed by atoms with E-state index < -0.39 is 22.2 Å². The SMILES string of the molecule is CN1C(=O)Cc2cc(S(=O)(=O)N3C[C@@H](O)[C@@H](O)C3)ccc21. The lowest BCUT2D eigenvalue weighted by Crippen LogP contribution is -2.30. The average Bonchev–Trinajstić information content (AvgIpc) is 2.91. The van der Waals surface area contributed by atoms with Crippen molar-refractivity contribution in [3.63, 3.8) is 0 Å². The molecular formula is C13H16N2O5S. The number of nitrogens with zero attached hydrogens (tertiary/aromatic N) is 2. The van der Waals surface area contributed by atoms with Crippen LogP contribution in [0.25, 0.3) is 0 Å². The Morgan fingerprint density at radius 1 is 1.19 bits per heavy atom. The van der Waals surface area contributed by atoms with Crippen molar-refractivity contribution in [3.8, 4) is 0 Å². The van der Waals surface area contributed by atoms with E-state index in [1.165, 1.54) is 17.0 Å². The molecule has 1 aromatic rings. The molecule has 0 bridgehead atoms. The van der Waals surface area contributed by atoms with Crippen molar-refractivity contribution in [1.29, 1.82) is 0 Å². The fraction of sp³-hybridized carbons (Fsp3) is 0.462. The number of sulfonamides is 1. The van der Waals surface area contributed by atoms with Crippen LogP contribution in [-0.4, -0.2) is 61.2 Å². The number of aliphatic hydroxyl groups excluding tert-OH is 2. The molecule has 0 spiro atoms. The fourth-order valence-corrected chi connectivity index (χ4v) is 4.21. The molecule has 1 aromatic carbocycles. The molecule has 2 aliphatic heterocycles. The van der Waals surface area contributed by atoms with E-state index in [2.05, 4.69) is 0 Å². The van der Waals surface area contributed by atoms with Gasteiger partial charge in [-0.05, 0) is 23.8 Å². The number of anilines is 1. The number of carbonyl (C=O) groups excluding carboxylic acids is 1. The Hall–Kier alpha value is -1.48. The van der Waals surface area contributed by atoms with Crippen molar-refractivity contribution < 1.29 is 23.4 Å². The van der Waals surface area contributed by atoms with Gasteiger partial charge in [0.25, 0.3) is 0 Å². The van der Waals surface area contributed by atoms with Gasteiger partial charge in [0.05, 0.1) is 23.5 Å². The predicted octanol–water partition coefficient (Wildman–Crippen LogP) is -1.07. The first kappa shape index (κ1) is 14.5. The second-order valence-corrected chi connectivity index (χ2v) is 7.31. The first-order valence-corrected chi connectivity index (χ1v) is 8.00. The molecule has 0 unspecified atom stereocenters. The van der Waals surface area contributed by atoms with E-state index in [1.807, 2.05) is 0 Å². The summed E-state index contributed by atoms with van der Waals surface area (Å²) in [6.07, 6.45) is -1.95. The summed E-state index contributed by atoms with van der Waals surface area (Å²) < 4.78 is 26.0. The highest BCUT2D eigenvalue weighted by molar-refractivity contribution is 7.89. The summed E-state index contributed by atoms with van der Waals surface area (Å²) in [4.78, 5) is 13.2. The van der Waals surface area contributed by atoms with Gasteiger partial charge in [-0.3, -0.25) is 4.79 Å². The number of benzene rings is 1. The van der Waals surface area contributed by atoms with E-state index in [0.717, 1.165) is 4.31 Å². The number of hydrogen-bond acceptors (Lipinski definition) is 5. The molecule has 2 aliphatic rings. The van der Waals surface area contributed by atoms with Gasteiger partial charge < -0.3 is 15.1 Å². The molecule has 3 rings (SSSR count). The smallest absolute Gasteiger partial charge is 0.243 e. The van der Waals surface area contributed by atoms with Crippen molar-refractivity contribution in [2.45, 2.75) is 23.5 Å². The van der Waals surface area contributed by atoms with Crippen molar-refractivity contribution in [2.24, 2.45) is 0 Å². The lowest BCUT2D eigenvalue weighted by atomic mass is 10.2. The molecule has 1 saturated heterocycles. The highest BCUT2D eigenvalue weighted by Crippen LogP contribution is 2.31. The number of carbonyl (C=O) groups is 1. The van der Waals surface area contributed by atoms with E-state index in [-0.39, 0.29) is 30.3 Å². The quantitative estimate of drug-likeness (QED) is 0.725. The minimum absolute atomic E-state index is 0.0747. The number of hydrogen-bond donors (Lipinski definition) is 2. The highest BCUT2D eigenvalue weighted by Gasteiger charge is 2.38. The third-order valence-electron chi connectivity index (χ3n) is 3.99. The average molecular weight is 312 g/mol. The number of rotatable bonds is 2. The molecule has 0 saturated carbocycles. The summed E-state index contributed by atoms with van der Waals surface area (Å²) >= 11 is 0. The maximum absolute atomic E-state index is 12.5. The zero-order valence-electron chi connectivity index (χ0n) is 11.4. The summed E-state index contributed by atoms with van der Waals surface area (Å²) in [5.74, 6) is -0.0773. The number of fused-ring (bicyclic) bond motifs is 1. The molecule has 0 radical (unpaired) electrons. The summed E-state index contributed by atoms with van der Waals surface area (Å²) in [5, 5.41) is 19.0. The van der Waals surface area contributed by atoms with Gasteiger partial charge in [0.2, 0.25) is 15.9 Å². The Morgan fingerprint density at radius 2 is 1.81 bits per heavy atom. The minimum Gasteiger partial charge on any atom is -0.389 e. The number of β-amino-alcohol motifs (C(OH)–C–C–N with tert-alkyl or cyclic N) is 2. The maximum Gasteiger partial charge on any atom is 0.243 e. The lowest BCUT2D eigenvalue weighted by Gasteiger charge is -2.16. The predicted molar refractivity (Wildman–Crippen MR) is 74.3 cm³/mol. The molecule has 21 heavy (non-hydrogen) atoms. The first-order valence-electron chi connectivity index (χ1n) is 6.56. The van der Waals surface area contributed by atoms with Gasteiger partial charge in [0, 0.05) is 25.8 Å². The molecule has 8 heteroatoms. The molecule has 2 heterocycles. The topological polar surface area (TPSA) is 98.2 Å². The number of aliphatic hydroxyl groups is 2. The molecule has 0 aromatic heterocycles. The molecule has 2 atom stereocenters. The molecule has 0 aliphatic carbocycles. The van der Waals surface area contributed by atoms with Crippen LogP contribution < -0.4 is 4.90 Å². The van der Waals surface area contributed by atoms with E-state index >= 15 is 0 Å². The zero-order chi connectivity index (χ0) is 15.4. The van der Waals surface area contributed by atoms with Crippen LogP contribution in [0.3, 0.4) is 0 Å². The molecule has 114 valence electrons. The maximum atomic E-state index is 12.5. The summed E-state index contributed by atoms with van der Waals surface area (Å²) in [5.41, 5.74) is 1.38. The van der Waals surface area contributed by atoms with Gasteiger partial charge >= 0.3 is 0 Å². The van der Waals surface area contributed by atoms with Gasteiger partial charge in [-0.1, -0.05) is 0 Å². The largest absolute Gasteiger partial charge is 0.389 e. The normalized spacial score (nSPS) is 26.4. The third kappa shape index (κ3) is 2.24. The van der Waals surface area contributed by atoms with Gasteiger partial charge in [0.1, 0.15) is 0 Å². The van der Waals surface area contributed by atoms with Crippen LogP contribution in [0.2, 0.25) is 0 Å². The third-order valence-corrected chi connectivity index (χ3v) is 5.82. The van der Waals surface area contributed by atoms with Crippen LogP contribution in [-0.2, 0) is 21.2 Å². The van der Waals surface area contributed by atoms with Crippen molar-refractivity contribution in [3.05, 3.63) is 23.8 Å². The van der Waals surface area contributed by atoms with E-state index in [4.69, 9.17) is 0 Å². The fourth-order valence-electron chi connectivity index (χ4n) is 2.69. The number of amides is 1. The van der Waals surface area contributed by atoms with E-state index in [0.29, 0.717) is 11.3 Å². The van der Waals surface area contributed by atoms with Crippen LogP contribution in [0.4, 0.5) is 5.69 Å². The summed E-state index contributed by atoms with van der Waals surface area (Å²) in [6.45, 7) is -0.251. The second kappa shape index (κ2) is 4.77. The highest BCUT2D eigenvalue weighted by atomic mass is 32.2. The van der Waals surface area contributed by atoms with Crippen LogP contribution in [0.5, 0.6) is 0 Å². The molecule has 1 fully saturated rings. The van der Waals surface area contributed by atoms with Crippen molar-refractivity contribution in [2.75, 3.05) is 25.0 Å². The first-order chi connectivity index (χ1) is 9.80. The van der Waals surface area contributed by atoms with Crippen molar-refractivity contribution >= 4 is 21.6 Å². The van der Waals surface area contributed by atoms with Crippen LogP contribution >= 0.6 is 0 Å². The Labute approximate surface area is 122 Å². The van der Waals surface area contributed by atoms with Gasteiger partial charge in [-0.25, -0.2) is 8.42 Å². The van der Waals surface area contributed by atoms with E-state index in [9.17, 15) is 23.4 Å². The van der Waals surface area contributed by atoms with Crippen molar-refractivity contribution in [1.82, 2.24) is 4.31 Å². The minimum atomic E-state index is -3.78. The van der Waals surface area contributed by atoms with Crippen LogP contribution in [0.15, 0.2) is 23.1 Å². The summed E-state index contributed by atoms with van der Waals surface area (Å²) in [6, 6.07) is 4.54. The Kier molecular flexibility index (Phi) is 3.28. The van der Waals surface area contributed by atoms with Gasteiger partial charge in [-0.2, -0.15) is 4.31 Å². The Bertz CT molecular complexity index is 693. The standard InChI is InChI=1S/C13H16N2O5S/c1-14-10-3-2-9(4-8(10)5-13(14)18)21(19,20)15-6-11(16)12(17)7-15/h2-4,11-12,16-17H,5-7H2,1H3/t11-,12+. The number of likely N-dealkylation sites (N-methyl/N-ethyl adjacent to an activating group) is 1. The van der Waals surface area contributed by atoms with Gasteiger partial charge in [-0.15, -0.1) is 0 Å². The Balaban J connectivity index is 1.95. The molecular weight excluding hydrogens is 296 g/mol. The van der Waals surface area contributed by atoms with E-state index in [1.54, 1.807) is 13.1 Å². The molecule has 2 N–H and O–H groups in total. The van der Waals surface area contributed by atoms with Gasteiger partial charge in [0.15, 0.2) is 0 Å². The summed E-state index contributed by atoms with van der Waals surface area (Å²) in [7, 11) is -2.13. The van der Waals surface area contributed by atoms with Crippen LogP contribution in [0, 0.1) is 0 Å². The molecule has 7 nitrogen and oxygen atoms in total. The zero-order valence-corrected chi connectivity index (χ0v) is 12.2. The Morgan fingerprint density at radius 3 is 2.43 bits per heavy atom. The lowest BCUT2D eigenvalue weighted by molar-refractivity contribution is -0.117. The molecule has 1 amide bonds.